The molecule has 0 unspecified atom stereocenters. The first-order chi connectivity index (χ1) is 8.52. The highest BCUT2D eigenvalue weighted by Gasteiger charge is 2.19. The molecule has 0 atom stereocenters. The summed E-state index contributed by atoms with van der Waals surface area (Å²) in [6.45, 7) is 7.64. The molecule has 102 valence electrons. The SMILES string of the molecule is COC(=O)CCN1CCN(C(=O)C=C(C)C)CC1. The summed E-state index contributed by atoms with van der Waals surface area (Å²) in [5, 5.41) is 0. The van der Waals surface area contributed by atoms with Crippen molar-refractivity contribution in [2.45, 2.75) is 20.3 Å². The van der Waals surface area contributed by atoms with E-state index in [1.165, 1.54) is 7.11 Å². The largest absolute Gasteiger partial charge is 0.469 e. The average Bonchev–Trinajstić information content (AvgIpc) is 2.35. The van der Waals surface area contributed by atoms with E-state index >= 15 is 0 Å². The van der Waals surface area contributed by atoms with Gasteiger partial charge in [0.05, 0.1) is 13.5 Å². The van der Waals surface area contributed by atoms with Gasteiger partial charge in [0.15, 0.2) is 0 Å². The van der Waals surface area contributed by atoms with Gasteiger partial charge in [-0.05, 0) is 13.8 Å². The molecule has 5 heteroatoms. The molecule has 0 radical (unpaired) electrons. The van der Waals surface area contributed by atoms with Gasteiger partial charge in [-0.2, -0.15) is 0 Å². The number of hydrogen-bond acceptors (Lipinski definition) is 4. The van der Waals surface area contributed by atoms with Crippen molar-refractivity contribution in [3.05, 3.63) is 11.6 Å². The van der Waals surface area contributed by atoms with E-state index in [-0.39, 0.29) is 11.9 Å². The molecule has 1 amide bonds. The van der Waals surface area contributed by atoms with Gasteiger partial charge < -0.3 is 9.64 Å². The van der Waals surface area contributed by atoms with Crippen molar-refractivity contribution in [3.63, 3.8) is 0 Å². The third kappa shape index (κ3) is 4.87. The molecule has 1 heterocycles. The minimum atomic E-state index is -0.182. The van der Waals surface area contributed by atoms with Gasteiger partial charge in [0, 0.05) is 38.8 Å². The molecule has 1 saturated heterocycles. The Morgan fingerprint density at radius 2 is 1.78 bits per heavy atom. The number of methoxy groups -OCH3 is 1. The van der Waals surface area contributed by atoms with Gasteiger partial charge in [0.25, 0.3) is 0 Å². The molecule has 1 rings (SSSR count). The molecule has 0 aromatic heterocycles. The molecule has 0 bridgehead atoms. The lowest BCUT2D eigenvalue weighted by Crippen LogP contribution is -2.48. The molecule has 5 nitrogen and oxygen atoms in total. The minimum Gasteiger partial charge on any atom is -0.469 e. The number of allylic oxidation sites excluding steroid dienone is 1. The predicted octanol–water partition coefficient (Wildman–Crippen LogP) is 0.660. The summed E-state index contributed by atoms with van der Waals surface area (Å²) < 4.78 is 4.61. The first-order valence-electron chi connectivity index (χ1n) is 6.26. The summed E-state index contributed by atoms with van der Waals surface area (Å²) in [6, 6.07) is 0. The van der Waals surface area contributed by atoms with Gasteiger partial charge in [0.1, 0.15) is 0 Å². The molecule has 0 aromatic carbocycles. The van der Waals surface area contributed by atoms with Crippen LogP contribution in [0.5, 0.6) is 0 Å². The second-order valence-electron chi connectivity index (χ2n) is 4.71. The first kappa shape index (κ1) is 14.7. The monoisotopic (exact) mass is 254 g/mol. The van der Waals surface area contributed by atoms with E-state index < -0.39 is 0 Å². The van der Waals surface area contributed by atoms with E-state index in [4.69, 9.17) is 0 Å². The highest BCUT2D eigenvalue weighted by atomic mass is 16.5. The number of esters is 1. The number of rotatable bonds is 4. The van der Waals surface area contributed by atoms with Crippen LogP contribution in [0.3, 0.4) is 0 Å². The van der Waals surface area contributed by atoms with Crippen LogP contribution in [-0.4, -0.2) is 61.5 Å². The van der Waals surface area contributed by atoms with Crippen LogP contribution in [0.2, 0.25) is 0 Å². The van der Waals surface area contributed by atoms with E-state index in [0.717, 1.165) is 31.8 Å². The Morgan fingerprint density at radius 3 is 2.28 bits per heavy atom. The third-order valence-corrected chi connectivity index (χ3v) is 2.96. The van der Waals surface area contributed by atoms with E-state index in [9.17, 15) is 9.59 Å². The molecule has 1 aliphatic rings. The Balaban J connectivity index is 2.30. The lowest BCUT2D eigenvalue weighted by Gasteiger charge is -2.34. The lowest BCUT2D eigenvalue weighted by atomic mass is 10.2. The highest BCUT2D eigenvalue weighted by molar-refractivity contribution is 5.88. The van der Waals surface area contributed by atoms with Crippen LogP contribution in [0.1, 0.15) is 20.3 Å². The van der Waals surface area contributed by atoms with E-state index in [0.29, 0.717) is 13.0 Å². The zero-order valence-electron chi connectivity index (χ0n) is 11.4. The van der Waals surface area contributed by atoms with Gasteiger partial charge in [-0.25, -0.2) is 0 Å². The Kier molecular flexibility index (Phi) is 5.85. The topological polar surface area (TPSA) is 49.9 Å². The van der Waals surface area contributed by atoms with E-state index in [1.54, 1.807) is 6.08 Å². The smallest absolute Gasteiger partial charge is 0.306 e. The van der Waals surface area contributed by atoms with Gasteiger partial charge >= 0.3 is 5.97 Å². The van der Waals surface area contributed by atoms with Gasteiger partial charge in [-0.3, -0.25) is 14.5 Å². The molecule has 0 spiro atoms. The van der Waals surface area contributed by atoms with Gasteiger partial charge in [-0.15, -0.1) is 0 Å². The number of nitrogens with zero attached hydrogens (tertiary/aromatic N) is 2. The standard InChI is InChI=1S/C13H22N2O3/c1-11(2)10-12(16)15-8-6-14(7-9-15)5-4-13(17)18-3/h10H,4-9H2,1-3H3. The van der Waals surface area contributed by atoms with E-state index in [2.05, 4.69) is 9.64 Å². The van der Waals surface area contributed by atoms with Crippen molar-refractivity contribution in [1.29, 1.82) is 0 Å². The van der Waals surface area contributed by atoms with Crippen molar-refractivity contribution in [1.82, 2.24) is 9.80 Å². The van der Waals surface area contributed by atoms with Crippen molar-refractivity contribution >= 4 is 11.9 Å². The molecular weight excluding hydrogens is 232 g/mol. The molecule has 18 heavy (non-hydrogen) atoms. The van der Waals surface area contributed by atoms with Crippen molar-refractivity contribution < 1.29 is 14.3 Å². The summed E-state index contributed by atoms with van der Waals surface area (Å²) in [6.07, 6.45) is 2.09. The second kappa shape index (κ2) is 7.16. The molecule has 0 saturated carbocycles. The van der Waals surface area contributed by atoms with Gasteiger partial charge in [-0.1, -0.05) is 5.57 Å². The number of amides is 1. The average molecular weight is 254 g/mol. The van der Waals surface area contributed by atoms with Crippen LogP contribution < -0.4 is 0 Å². The van der Waals surface area contributed by atoms with Crippen LogP contribution in [0.4, 0.5) is 0 Å². The third-order valence-electron chi connectivity index (χ3n) is 2.96. The second-order valence-corrected chi connectivity index (χ2v) is 4.71. The number of hydrogen-bond donors (Lipinski definition) is 0. The fourth-order valence-corrected chi connectivity index (χ4v) is 1.88. The Hall–Kier alpha value is -1.36. The van der Waals surface area contributed by atoms with Crippen LogP contribution in [0.25, 0.3) is 0 Å². The summed E-state index contributed by atoms with van der Waals surface area (Å²) in [5.74, 6) is -0.0966. The summed E-state index contributed by atoms with van der Waals surface area (Å²) in [4.78, 5) is 26.8. The molecule has 0 N–H and O–H groups in total. The Morgan fingerprint density at radius 1 is 1.17 bits per heavy atom. The number of carbonyl (C=O) groups excluding carboxylic acids is 2. The maximum Gasteiger partial charge on any atom is 0.306 e. The van der Waals surface area contributed by atoms with Crippen molar-refractivity contribution in [2.24, 2.45) is 0 Å². The summed E-state index contributed by atoms with van der Waals surface area (Å²) in [5.41, 5.74) is 1.02. The maximum absolute atomic E-state index is 11.8. The molecule has 1 fully saturated rings. The fourth-order valence-electron chi connectivity index (χ4n) is 1.88. The normalized spacial score (nSPS) is 16.3. The van der Waals surface area contributed by atoms with Crippen LogP contribution >= 0.6 is 0 Å². The highest BCUT2D eigenvalue weighted by Crippen LogP contribution is 2.05. The number of piperazine rings is 1. The van der Waals surface area contributed by atoms with Gasteiger partial charge in [0.2, 0.25) is 5.91 Å². The van der Waals surface area contributed by atoms with Crippen molar-refractivity contribution in [2.75, 3.05) is 39.8 Å². The minimum absolute atomic E-state index is 0.0858. The first-order valence-corrected chi connectivity index (χ1v) is 6.26. The van der Waals surface area contributed by atoms with E-state index in [1.807, 2.05) is 18.7 Å². The zero-order chi connectivity index (χ0) is 13.5. The Bertz CT molecular complexity index is 327. The predicted molar refractivity (Wildman–Crippen MR) is 69.1 cm³/mol. The Labute approximate surface area is 108 Å². The zero-order valence-corrected chi connectivity index (χ0v) is 11.4. The van der Waals surface area contributed by atoms with Crippen LogP contribution in [0, 0.1) is 0 Å². The van der Waals surface area contributed by atoms with Crippen molar-refractivity contribution in [3.8, 4) is 0 Å². The molecule has 0 aromatic rings. The van der Waals surface area contributed by atoms with Crippen LogP contribution in [-0.2, 0) is 14.3 Å². The summed E-state index contributed by atoms with van der Waals surface area (Å²) >= 11 is 0. The van der Waals surface area contributed by atoms with Crippen LogP contribution in [0.15, 0.2) is 11.6 Å². The number of carbonyl (C=O) groups is 2. The quantitative estimate of drug-likeness (QED) is 0.546. The molecular formula is C13H22N2O3. The summed E-state index contributed by atoms with van der Waals surface area (Å²) in [7, 11) is 1.40. The lowest BCUT2D eigenvalue weighted by molar-refractivity contribution is -0.141. The maximum atomic E-state index is 11.8. The molecule has 0 aliphatic carbocycles. The fraction of sp³-hybridized carbons (Fsp3) is 0.692. The number of ether oxygens (including phenoxy) is 1. The molecule has 1 aliphatic heterocycles.